The van der Waals surface area contributed by atoms with Gasteiger partial charge in [-0.2, -0.15) is 0 Å². The topological polar surface area (TPSA) is 122 Å². The van der Waals surface area contributed by atoms with E-state index in [0.717, 1.165) is 198 Å². The summed E-state index contributed by atoms with van der Waals surface area (Å²) >= 11 is 0. The molecule has 8 aromatic rings. The molecule has 0 amide bonds. The Morgan fingerprint density at radius 3 is 0.878 bits per heavy atom. The van der Waals surface area contributed by atoms with Gasteiger partial charge >= 0.3 is 0 Å². The fourth-order valence-corrected chi connectivity index (χ4v) is 14.5. The van der Waals surface area contributed by atoms with Gasteiger partial charge in [-0.1, -0.05) is 111 Å². The summed E-state index contributed by atoms with van der Waals surface area (Å²) in [5, 5.41) is 16.0. The van der Waals surface area contributed by atoms with Gasteiger partial charge in [0.15, 0.2) is 46.0 Å². The molecule has 0 spiro atoms. The largest absolute Gasteiger partial charge is 0.493 e. The van der Waals surface area contributed by atoms with Gasteiger partial charge < -0.3 is 59.2 Å². The Kier molecular flexibility index (Phi) is 21.2. The van der Waals surface area contributed by atoms with Gasteiger partial charge in [0.1, 0.15) is 23.0 Å². The third-order valence-electron chi connectivity index (χ3n) is 19.1. The highest BCUT2D eigenvalue weighted by Gasteiger charge is 2.33. The lowest BCUT2D eigenvalue weighted by Crippen LogP contribution is -2.35. The normalized spacial score (nSPS) is 18.1. The van der Waals surface area contributed by atoms with E-state index < -0.39 is 0 Å². The first-order valence-corrected chi connectivity index (χ1v) is 33.1. The summed E-state index contributed by atoms with van der Waals surface area (Å²) in [6.45, 7) is 3.72. The number of methoxy groups -OCH3 is 4. The molecule has 90 heavy (non-hydrogen) atoms. The van der Waals surface area contributed by atoms with E-state index in [-0.39, 0.29) is 24.2 Å². The van der Waals surface area contributed by atoms with Crippen molar-refractivity contribution in [2.24, 2.45) is 11.8 Å². The molecule has 0 radical (unpaired) electrons. The molecule has 6 atom stereocenters. The first-order valence-electron chi connectivity index (χ1n) is 33.1. The van der Waals surface area contributed by atoms with Gasteiger partial charge in [-0.3, -0.25) is 0 Å². The standard InChI is InChI=1S/C78H90N4O8/c1-83-69-45-55-37-41-79-67(63(55)49-73(69)87-59-27-9-5-10-28-59)35-21-19-25-53(77-65-51-75(89-61-31-13-7-14-32-61)71(85-3)47-57(65)39-43-81-77)23-17-18-24-54(78-66-52-76(90-62-33-15-8-16-34-62)72(86-4)48-58(66)40-44-82-78)26-20-22-36-68-64-50-74(88-60-29-11-6-12-30-60)70(84-2)46-56(64)38-42-80-68/h5-16,27-34,45-54,67-68,77-82H,17-26,35-44H2,1-4H3. The number of hydrogen-bond acceptors (Lipinski definition) is 12. The number of benzene rings is 8. The monoisotopic (exact) mass is 1210 g/mol. The van der Waals surface area contributed by atoms with Crippen LogP contribution in [-0.4, -0.2) is 54.6 Å². The van der Waals surface area contributed by atoms with Gasteiger partial charge in [-0.15, -0.1) is 0 Å². The molecule has 6 unspecified atom stereocenters. The van der Waals surface area contributed by atoms with Crippen LogP contribution in [0.5, 0.6) is 69.0 Å². The summed E-state index contributed by atoms with van der Waals surface area (Å²) in [5.74, 6) is 10.1. The summed E-state index contributed by atoms with van der Waals surface area (Å²) < 4.78 is 50.0. The average Bonchev–Trinajstić information content (AvgIpc) is 1.24. The van der Waals surface area contributed by atoms with Gasteiger partial charge in [-0.05, 0) is 244 Å². The van der Waals surface area contributed by atoms with E-state index >= 15 is 0 Å². The number of rotatable bonds is 29. The lowest BCUT2D eigenvalue weighted by molar-refractivity contribution is 0.268. The highest BCUT2D eigenvalue weighted by atomic mass is 16.5. The predicted molar refractivity (Wildman–Crippen MR) is 358 cm³/mol. The van der Waals surface area contributed by atoms with Gasteiger partial charge in [0.05, 0.1) is 28.4 Å². The second-order valence-corrected chi connectivity index (χ2v) is 24.7. The second-order valence-electron chi connectivity index (χ2n) is 24.7. The summed E-state index contributed by atoms with van der Waals surface area (Å²) in [6.07, 6.45) is 17.1. The summed E-state index contributed by atoms with van der Waals surface area (Å²) in [4.78, 5) is 0. The molecule has 12 rings (SSSR count). The maximum Gasteiger partial charge on any atom is 0.169 e. The number of unbranched alkanes of at least 4 members (excludes halogenated alkanes) is 3. The summed E-state index contributed by atoms with van der Waals surface area (Å²) in [6, 6.07) is 58.9. The van der Waals surface area contributed by atoms with Crippen molar-refractivity contribution >= 4 is 0 Å². The smallest absolute Gasteiger partial charge is 0.169 e. The van der Waals surface area contributed by atoms with E-state index in [2.05, 4.69) is 69.8 Å². The Morgan fingerprint density at radius 1 is 0.311 bits per heavy atom. The van der Waals surface area contributed by atoms with Crippen LogP contribution < -0.4 is 59.2 Å². The SMILES string of the molecule is COc1cc2c(cc1Oc1ccccc1)C(CCCCC(CCCCC(CCCCC1NCCc3cc(OC)c(Oc4ccccc4)cc31)C1NCCc3cc(OC)c(Oc4ccccc4)cc31)C1NCCc3cc(OC)c(Oc4ccccc4)cc31)NCC2. The molecule has 0 aromatic heterocycles. The van der Waals surface area contributed by atoms with Gasteiger partial charge in [0, 0.05) is 24.2 Å². The molecule has 4 aliphatic heterocycles. The Morgan fingerprint density at radius 2 is 0.578 bits per heavy atom. The zero-order valence-electron chi connectivity index (χ0n) is 53.0. The van der Waals surface area contributed by atoms with E-state index in [0.29, 0.717) is 11.8 Å². The zero-order chi connectivity index (χ0) is 61.4. The molecule has 8 aromatic carbocycles. The van der Waals surface area contributed by atoms with Crippen LogP contribution in [0.3, 0.4) is 0 Å². The van der Waals surface area contributed by atoms with E-state index in [4.69, 9.17) is 37.9 Å². The minimum Gasteiger partial charge on any atom is -0.493 e. The van der Waals surface area contributed by atoms with Crippen molar-refractivity contribution in [3.8, 4) is 69.0 Å². The van der Waals surface area contributed by atoms with Crippen molar-refractivity contribution < 1.29 is 37.9 Å². The highest BCUT2D eigenvalue weighted by Crippen LogP contribution is 2.47. The van der Waals surface area contributed by atoms with Crippen LogP contribution in [0.4, 0.5) is 0 Å². The lowest BCUT2D eigenvalue weighted by Gasteiger charge is -2.36. The molecule has 4 heterocycles. The van der Waals surface area contributed by atoms with Crippen LogP contribution in [-0.2, 0) is 25.7 Å². The van der Waals surface area contributed by atoms with Crippen LogP contribution in [0.1, 0.15) is 146 Å². The first kappa shape index (κ1) is 62.2. The van der Waals surface area contributed by atoms with E-state index in [1.807, 2.05) is 121 Å². The van der Waals surface area contributed by atoms with Crippen molar-refractivity contribution in [3.05, 3.63) is 214 Å². The van der Waals surface area contributed by atoms with Crippen molar-refractivity contribution in [1.29, 1.82) is 0 Å². The van der Waals surface area contributed by atoms with Crippen molar-refractivity contribution in [1.82, 2.24) is 21.3 Å². The van der Waals surface area contributed by atoms with Gasteiger partial charge in [-0.25, -0.2) is 0 Å². The van der Waals surface area contributed by atoms with E-state index in [9.17, 15) is 0 Å². The number of para-hydroxylation sites is 4. The summed E-state index contributed by atoms with van der Waals surface area (Å²) in [7, 11) is 6.97. The molecule has 0 saturated carbocycles. The van der Waals surface area contributed by atoms with Crippen LogP contribution in [0.15, 0.2) is 170 Å². The minimum absolute atomic E-state index is 0.178. The molecule has 470 valence electrons. The highest BCUT2D eigenvalue weighted by molar-refractivity contribution is 5.55. The Hall–Kier alpha value is -8.00. The molecule has 4 N–H and O–H groups in total. The average molecular weight is 1210 g/mol. The third-order valence-corrected chi connectivity index (χ3v) is 19.1. The van der Waals surface area contributed by atoms with Crippen LogP contribution in [0.2, 0.25) is 0 Å². The lowest BCUT2D eigenvalue weighted by atomic mass is 9.78. The van der Waals surface area contributed by atoms with Crippen LogP contribution in [0, 0.1) is 11.8 Å². The third kappa shape index (κ3) is 15.2. The Bertz CT molecular complexity index is 3350. The zero-order valence-corrected chi connectivity index (χ0v) is 53.0. The number of fused-ring (bicyclic) bond motifs is 4. The maximum absolute atomic E-state index is 6.62. The van der Waals surface area contributed by atoms with Crippen LogP contribution in [0.25, 0.3) is 0 Å². The number of nitrogens with one attached hydrogen (secondary N) is 4. The number of ether oxygens (including phenoxy) is 8. The molecule has 12 nitrogen and oxygen atoms in total. The summed E-state index contributed by atoms with van der Waals surface area (Å²) in [5.41, 5.74) is 10.7. The first-order chi connectivity index (χ1) is 44.4. The fourth-order valence-electron chi connectivity index (χ4n) is 14.5. The molecule has 0 saturated heterocycles. The Balaban J connectivity index is 0.783. The quantitative estimate of drug-likeness (QED) is 0.0334. The van der Waals surface area contributed by atoms with Gasteiger partial charge in [0.2, 0.25) is 0 Å². The van der Waals surface area contributed by atoms with E-state index in [1.165, 1.54) is 44.5 Å². The van der Waals surface area contributed by atoms with Gasteiger partial charge in [0.25, 0.3) is 0 Å². The van der Waals surface area contributed by atoms with Crippen molar-refractivity contribution in [2.45, 2.75) is 127 Å². The number of hydrogen-bond donors (Lipinski definition) is 4. The second kappa shape index (κ2) is 30.7. The molecule has 4 aliphatic rings. The molecule has 0 aliphatic carbocycles. The van der Waals surface area contributed by atoms with Crippen LogP contribution >= 0.6 is 0 Å². The van der Waals surface area contributed by atoms with Crippen molar-refractivity contribution in [3.63, 3.8) is 0 Å². The molecule has 0 fully saturated rings. The fraction of sp³-hybridized carbons (Fsp3) is 0.385. The maximum atomic E-state index is 6.62. The predicted octanol–water partition coefficient (Wildman–Crippen LogP) is 17.7. The van der Waals surface area contributed by atoms with E-state index in [1.54, 1.807) is 28.4 Å². The molecule has 12 heteroatoms. The molecular weight excluding hydrogens is 1120 g/mol. The minimum atomic E-state index is 0.178. The molecule has 0 bridgehead atoms. The molecular formula is C78H90N4O8. The van der Waals surface area contributed by atoms with Crippen molar-refractivity contribution in [2.75, 3.05) is 54.6 Å². The Labute approximate surface area is 533 Å².